The van der Waals surface area contributed by atoms with Crippen molar-refractivity contribution in [3.8, 4) is 34.4 Å². The van der Waals surface area contributed by atoms with Crippen molar-refractivity contribution >= 4 is 12.0 Å². The monoisotopic (exact) mass is 649 g/mol. The minimum absolute atomic E-state index is 0.0999. The minimum atomic E-state index is -0.683. The summed E-state index contributed by atoms with van der Waals surface area (Å²) in [5, 5.41) is 6.13. The van der Waals surface area contributed by atoms with E-state index in [1.807, 2.05) is 36.9 Å². The number of halogens is 1. The summed E-state index contributed by atoms with van der Waals surface area (Å²) in [4.78, 5) is 43.7. The van der Waals surface area contributed by atoms with Gasteiger partial charge in [-0.1, -0.05) is 37.8 Å². The molecular formula is C37H40FN7O3. The number of carbonyl (C=O) groups is 2. The average molecular weight is 650 g/mol. The summed E-state index contributed by atoms with van der Waals surface area (Å²) in [6.07, 6.45) is 6.52. The Morgan fingerprint density at radius 1 is 1.06 bits per heavy atom. The average Bonchev–Trinajstić information content (AvgIpc) is 3.92. The molecule has 2 saturated heterocycles. The first-order valence-corrected chi connectivity index (χ1v) is 16.8. The van der Waals surface area contributed by atoms with Gasteiger partial charge >= 0.3 is 6.09 Å². The third-order valence-electron chi connectivity index (χ3n) is 9.65. The molecule has 0 radical (unpaired) electrons. The Morgan fingerprint density at radius 3 is 2.71 bits per heavy atom. The molecule has 4 N–H and O–H groups in total. The molecule has 4 aromatic rings. The van der Waals surface area contributed by atoms with Gasteiger partial charge in [0, 0.05) is 23.2 Å². The maximum Gasteiger partial charge on any atom is 0.407 e. The number of hydrogen-bond acceptors (Lipinski definition) is 6. The van der Waals surface area contributed by atoms with E-state index in [1.165, 1.54) is 13.2 Å². The van der Waals surface area contributed by atoms with E-state index in [-0.39, 0.29) is 29.7 Å². The Kier molecular flexibility index (Phi) is 8.75. The van der Waals surface area contributed by atoms with Crippen molar-refractivity contribution in [2.45, 2.75) is 70.5 Å². The summed E-state index contributed by atoms with van der Waals surface area (Å²) in [6.45, 7) is 5.40. The SMILES string of the molecule is COC(=O)N[C@H](C(=O)N1CCC[C@H]1c1nc2c([nH]1)-c1ccc(C#Cc3ccc(-c4cnc([C@@H]5CCCN5)[nH]4)cc3F)cc1CC2)C(C)C. The fourth-order valence-electron chi connectivity index (χ4n) is 7.06. The van der Waals surface area contributed by atoms with Crippen molar-refractivity contribution in [1.82, 2.24) is 35.5 Å². The van der Waals surface area contributed by atoms with Crippen LogP contribution in [0.3, 0.4) is 0 Å². The fraction of sp³-hybridized carbons (Fsp3) is 0.405. The first kappa shape index (κ1) is 31.6. The highest BCUT2D eigenvalue weighted by Gasteiger charge is 2.38. The van der Waals surface area contributed by atoms with Gasteiger partial charge in [-0.05, 0) is 80.8 Å². The van der Waals surface area contributed by atoms with E-state index >= 15 is 4.39 Å². The van der Waals surface area contributed by atoms with Gasteiger partial charge in [0.05, 0.1) is 48.0 Å². The van der Waals surface area contributed by atoms with Crippen LogP contribution in [0, 0.1) is 23.6 Å². The number of carbonyl (C=O) groups excluding carboxylic acids is 2. The zero-order valence-corrected chi connectivity index (χ0v) is 27.5. The smallest absolute Gasteiger partial charge is 0.407 e. The van der Waals surface area contributed by atoms with E-state index in [0.717, 1.165) is 96.1 Å². The summed E-state index contributed by atoms with van der Waals surface area (Å²) in [5.74, 6) is 7.23. The maximum absolute atomic E-state index is 15.1. The molecule has 0 unspecified atom stereocenters. The Morgan fingerprint density at radius 2 is 1.94 bits per heavy atom. The summed E-state index contributed by atoms with van der Waals surface area (Å²) in [5.41, 5.74) is 6.83. The van der Waals surface area contributed by atoms with Crippen molar-refractivity contribution in [1.29, 1.82) is 0 Å². The number of aromatic nitrogens is 4. The molecule has 4 heterocycles. The third kappa shape index (κ3) is 6.20. The second-order valence-corrected chi connectivity index (χ2v) is 13.1. The number of rotatable bonds is 6. The van der Waals surface area contributed by atoms with E-state index < -0.39 is 12.1 Å². The van der Waals surface area contributed by atoms with Gasteiger partial charge in [-0.3, -0.25) is 4.79 Å². The molecule has 2 aromatic carbocycles. The number of ether oxygens (including phenoxy) is 1. The first-order valence-electron chi connectivity index (χ1n) is 16.8. The molecule has 2 amide bonds. The van der Waals surface area contributed by atoms with Crippen molar-refractivity contribution in [2.24, 2.45) is 5.92 Å². The number of aromatic amines is 2. The number of hydrogen-bond donors (Lipinski definition) is 4. The van der Waals surface area contributed by atoms with Gasteiger partial charge < -0.3 is 30.2 Å². The first-order chi connectivity index (χ1) is 23.3. The molecule has 0 saturated carbocycles. The Hall–Kier alpha value is -4.95. The van der Waals surface area contributed by atoms with Crippen LogP contribution in [-0.4, -0.2) is 63.1 Å². The number of aryl methyl sites for hydroxylation is 2. The molecule has 2 aromatic heterocycles. The van der Waals surface area contributed by atoms with E-state index in [0.29, 0.717) is 12.1 Å². The molecular weight excluding hydrogens is 609 g/mol. The standard InChI is InChI=1S/C37H40FN7O3/c1-21(2)32(44-37(47)48-3)36(46)45-17-5-7-31(45)35-41-28-15-13-24-18-22(9-14-26(24)33(28)43-35)8-10-23-11-12-25(19-27(23)38)30-20-40-34(42-30)29-6-4-16-39-29/h9,11-12,14,18-21,29,31-32,39H,4-7,13,15-17H2,1-3H3,(H,40,42)(H,41,43)(H,44,47)/t29-,31-,32-/m0/s1. The normalized spacial score (nSPS) is 19.0. The highest BCUT2D eigenvalue weighted by atomic mass is 19.1. The van der Waals surface area contributed by atoms with Crippen LogP contribution in [0.25, 0.3) is 22.5 Å². The van der Waals surface area contributed by atoms with Crippen LogP contribution in [0.5, 0.6) is 0 Å². The van der Waals surface area contributed by atoms with Crippen molar-refractivity contribution in [2.75, 3.05) is 20.2 Å². The highest BCUT2D eigenvalue weighted by molar-refractivity contribution is 5.86. The molecule has 1 aliphatic carbocycles. The van der Waals surface area contributed by atoms with E-state index in [1.54, 1.807) is 12.3 Å². The zero-order valence-electron chi connectivity index (χ0n) is 27.5. The number of fused-ring (bicyclic) bond motifs is 3. The highest BCUT2D eigenvalue weighted by Crippen LogP contribution is 2.37. The molecule has 3 atom stereocenters. The largest absolute Gasteiger partial charge is 0.453 e. The number of imidazole rings is 2. The summed E-state index contributed by atoms with van der Waals surface area (Å²) >= 11 is 0. The Labute approximate surface area is 279 Å². The molecule has 3 aliphatic rings. The van der Waals surface area contributed by atoms with Gasteiger partial charge in [-0.2, -0.15) is 0 Å². The fourth-order valence-corrected chi connectivity index (χ4v) is 7.06. The molecule has 248 valence electrons. The van der Waals surface area contributed by atoms with Crippen molar-refractivity contribution in [3.63, 3.8) is 0 Å². The van der Waals surface area contributed by atoms with Crippen LogP contribution in [-0.2, 0) is 22.4 Å². The van der Waals surface area contributed by atoms with Crippen LogP contribution >= 0.6 is 0 Å². The van der Waals surface area contributed by atoms with Crippen LogP contribution in [0.1, 0.15) is 85.6 Å². The van der Waals surface area contributed by atoms with E-state index in [4.69, 9.17) is 9.72 Å². The van der Waals surface area contributed by atoms with Gasteiger partial charge in [-0.25, -0.2) is 19.2 Å². The van der Waals surface area contributed by atoms with Gasteiger partial charge in [0.2, 0.25) is 5.91 Å². The topological polar surface area (TPSA) is 128 Å². The molecule has 2 aliphatic heterocycles. The second kappa shape index (κ2) is 13.3. The molecule has 11 heteroatoms. The van der Waals surface area contributed by atoms with Crippen LogP contribution in [0.4, 0.5) is 9.18 Å². The number of alkyl carbamates (subject to hydrolysis) is 1. The summed E-state index contributed by atoms with van der Waals surface area (Å²) in [6, 6.07) is 10.5. The lowest BCUT2D eigenvalue weighted by Crippen LogP contribution is -2.51. The molecule has 0 bridgehead atoms. The lowest BCUT2D eigenvalue weighted by Gasteiger charge is -2.30. The van der Waals surface area contributed by atoms with Gasteiger partial charge in [0.15, 0.2) is 0 Å². The van der Waals surface area contributed by atoms with Crippen LogP contribution in [0.15, 0.2) is 42.6 Å². The van der Waals surface area contributed by atoms with Gasteiger partial charge in [0.25, 0.3) is 0 Å². The predicted octanol–water partition coefficient (Wildman–Crippen LogP) is 5.57. The van der Waals surface area contributed by atoms with E-state index in [9.17, 15) is 9.59 Å². The molecule has 2 fully saturated rings. The number of benzene rings is 2. The molecule has 0 spiro atoms. The number of likely N-dealkylation sites (tertiary alicyclic amines) is 1. The number of amides is 2. The number of nitrogens with one attached hydrogen (secondary N) is 4. The Bertz CT molecular complexity index is 1910. The van der Waals surface area contributed by atoms with Crippen LogP contribution < -0.4 is 10.6 Å². The van der Waals surface area contributed by atoms with Crippen LogP contribution in [0.2, 0.25) is 0 Å². The minimum Gasteiger partial charge on any atom is -0.453 e. The van der Waals surface area contributed by atoms with Gasteiger partial charge in [-0.15, -0.1) is 0 Å². The molecule has 48 heavy (non-hydrogen) atoms. The summed E-state index contributed by atoms with van der Waals surface area (Å²) < 4.78 is 19.9. The molecule has 10 nitrogen and oxygen atoms in total. The maximum atomic E-state index is 15.1. The number of nitrogens with zero attached hydrogens (tertiary/aromatic N) is 3. The second-order valence-electron chi connectivity index (χ2n) is 13.1. The third-order valence-corrected chi connectivity index (χ3v) is 9.65. The number of H-pyrrole nitrogens is 2. The van der Waals surface area contributed by atoms with Gasteiger partial charge in [0.1, 0.15) is 23.5 Å². The number of methoxy groups -OCH3 is 1. The Balaban J connectivity index is 1.07. The van der Waals surface area contributed by atoms with Crippen molar-refractivity contribution in [3.05, 3.63) is 82.4 Å². The lowest BCUT2D eigenvalue weighted by molar-refractivity contribution is -0.135. The van der Waals surface area contributed by atoms with Crippen molar-refractivity contribution < 1.29 is 18.7 Å². The molecule has 7 rings (SSSR count). The predicted molar refractivity (Wildman–Crippen MR) is 179 cm³/mol. The zero-order chi connectivity index (χ0) is 33.4. The lowest BCUT2D eigenvalue weighted by atomic mass is 9.91. The summed E-state index contributed by atoms with van der Waals surface area (Å²) in [7, 11) is 1.29. The van der Waals surface area contributed by atoms with E-state index in [2.05, 4.69) is 43.5 Å². The quantitative estimate of drug-likeness (QED) is 0.202.